The fourth-order valence-corrected chi connectivity index (χ4v) is 1.47. The third-order valence-corrected chi connectivity index (χ3v) is 2.53. The Morgan fingerprint density at radius 1 is 1.79 bits per heavy atom. The lowest BCUT2D eigenvalue weighted by atomic mass is 10.3. The lowest BCUT2D eigenvalue weighted by Crippen LogP contribution is -2.24. The highest BCUT2D eigenvalue weighted by Crippen LogP contribution is 2.35. The zero-order chi connectivity index (χ0) is 9.97. The second-order valence-electron chi connectivity index (χ2n) is 3.79. The number of aromatic nitrogens is 2. The number of hydrogen-bond acceptors (Lipinski definition) is 2. The maximum absolute atomic E-state index is 5.29. The molecule has 1 unspecified atom stereocenters. The lowest BCUT2D eigenvalue weighted by Gasteiger charge is -2.09. The fourth-order valence-electron chi connectivity index (χ4n) is 1.47. The Kier molecular flexibility index (Phi) is 2.55. The van der Waals surface area contributed by atoms with Crippen molar-refractivity contribution >= 4 is 0 Å². The zero-order valence-corrected chi connectivity index (χ0v) is 8.40. The summed E-state index contributed by atoms with van der Waals surface area (Å²) in [6, 6.07) is 0.813. The van der Waals surface area contributed by atoms with Gasteiger partial charge < -0.3 is 4.57 Å². The van der Waals surface area contributed by atoms with Crippen LogP contribution in [0.3, 0.4) is 0 Å². The molecule has 0 spiro atoms. The first-order valence-electron chi connectivity index (χ1n) is 5.01. The van der Waals surface area contributed by atoms with Gasteiger partial charge in [0.15, 0.2) is 0 Å². The molecule has 3 heteroatoms. The third kappa shape index (κ3) is 1.97. The molecule has 3 nitrogen and oxygen atoms in total. The summed E-state index contributed by atoms with van der Waals surface area (Å²) < 4.78 is 2.25. The molecule has 1 fully saturated rings. The van der Waals surface area contributed by atoms with Crippen molar-refractivity contribution in [3.63, 3.8) is 0 Å². The summed E-state index contributed by atoms with van der Waals surface area (Å²) in [5.41, 5.74) is 1.23. The molecule has 1 aromatic rings. The molecule has 1 saturated carbocycles. The summed E-state index contributed by atoms with van der Waals surface area (Å²) in [5, 5.41) is 3.26. The molecule has 1 aliphatic rings. The van der Waals surface area contributed by atoms with Crippen LogP contribution < -0.4 is 5.32 Å². The zero-order valence-electron chi connectivity index (χ0n) is 8.40. The van der Waals surface area contributed by atoms with Gasteiger partial charge in [-0.15, -0.1) is 6.42 Å². The highest BCUT2D eigenvalue weighted by molar-refractivity contribution is 5.05. The molecular weight excluding hydrogens is 174 g/mol. The van der Waals surface area contributed by atoms with Gasteiger partial charge in [-0.2, -0.15) is 0 Å². The second-order valence-corrected chi connectivity index (χ2v) is 3.79. The van der Waals surface area contributed by atoms with Crippen LogP contribution in [0.5, 0.6) is 0 Å². The van der Waals surface area contributed by atoms with Gasteiger partial charge >= 0.3 is 0 Å². The van der Waals surface area contributed by atoms with Crippen LogP contribution in [0.25, 0.3) is 0 Å². The van der Waals surface area contributed by atoms with Gasteiger partial charge in [0.05, 0.1) is 18.1 Å². The van der Waals surface area contributed by atoms with Crippen molar-refractivity contribution < 1.29 is 0 Å². The lowest BCUT2D eigenvalue weighted by molar-refractivity contribution is 0.597. The van der Waals surface area contributed by atoms with Gasteiger partial charge in [-0.25, -0.2) is 4.98 Å². The van der Waals surface area contributed by atoms with E-state index in [1.54, 1.807) is 0 Å². The van der Waals surface area contributed by atoms with E-state index < -0.39 is 0 Å². The summed E-state index contributed by atoms with van der Waals surface area (Å²) in [5.74, 6) is 2.65. The van der Waals surface area contributed by atoms with E-state index in [-0.39, 0.29) is 6.04 Å². The van der Waals surface area contributed by atoms with Crippen molar-refractivity contribution in [2.24, 2.45) is 0 Å². The molecule has 0 radical (unpaired) electrons. The Morgan fingerprint density at radius 3 is 3.21 bits per heavy atom. The van der Waals surface area contributed by atoms with Crippen LogP contribution in [-0.4, -0.2) is 15.6 Å². The van der Waals surface area contributed by atoms with E-state index >= 15 is 0 Å². The third-order valence-electron chi connectivity index (χ3n) is 2.53. The van der Waals surface area contributed by atoms with E-state index in [1.807, 2.05) is 19.4 Å². The fraction of sp³-hybridized carbons (Fsp3) is 0.545. The van der Waals surface area contributed by atoms with Gasteiger partial charge in [0.2, 0.25) is 0 Å². The summed E-state index contributed by atoms with van der Waals surface area (Å²) in [6.07, 6.45) is 11.7. The van der Waals surface area contributed by atoms with Gasteiger partial charge in [-0.3, -0.25) is 5.32 Å². The Balaban J connectivity index is 1.95. The molecule has 0 saturated heterocycles. The standard InChI is InChI=1S/C11H15N3/c1-3-9(2)13-7-11-6-12-8-14(11)10-4-5-10/h1,6,8-10,13H,4-5,7H2,2H3. The number of imidazole rings is 1. The van der Waals surface area contributed by atoms with Gasteiger partial charge in [0, 0.05) is 18.8 Å². The smallest absolute Gasteiger partial charge is 0.0951 e. The first kappa shape index (κ1) is 9.29. The normalized spacial score (nSPS) is 17.7. The minimum absolute atomic E-state index is 0.123. The number of terminal acetylenes is 1. The molecule has 1 aliphatic carbocycles. The van der Waals surface area contributed by atoms with E-state index in [1.165, 1.54) is 18.5 Å². The summed E-state index contributed by atoms with van der Waals surface area (Å²) in [7, 11) is 0. The van der Waals surface area contributed by atoms with E-state index in [2.05, 4.69) is 20.8 Å². The Labute approximate surface area is 84.5 Å². The quantitative estimate of drug-likeness (QED) is 0.724. The number of nitrogens with one attached hydrogen (secondary N) is 1. The maximum Gasteiger partial charge on any atom is 0.0951 e. The molecule has 2 rings (SSSR count). The molecule has 1 atom stereocenters. The number of hydrogen-bond donors (Lipinski definition) is 1. The van der Waals surface area contributed by atoms with Crippen LogP contribution in [0.2, 0.25) is 0 Å². The van der Waals surface area contributed by atoms with Crippen molar-refractivity contribution in [2.45, 2.75) is 38.4 Å². The van der Waals surface area contributed by atoms with E-state index in [4.69, 9.17) is 6.42 Å². The van der Waals surface area contributed by atoms with E-state index in [0.717, 1.165) is 6.54 Å². The maximum atomic E-state index is 5.29. The van der Waals surface area contributed by atoms with Gasteiger partial charge in [0.25, 0.3) is 0 Å². The molecule has 1 heterocycles. The van der Waals surface area contributed by atoms with Crippen LogP contribution in [0.4, 0.5) is 0 Å². The van der Waals surface area contributed by atoms with Crippen molar-refractivity contribution in [2.75, 3.05) is 0 Å². The molecule has 0 aliphatic heterocycles. The summed E-state index contributed by atoms with van der Waals surface area (Å²) in [4.78, 5) is 4.16. The molecule has 0 amide bonds. The Hall–Kier alpha value is -1.27. The SMILES string of the molecule is C#CC(C)NCc1cncn1C1CC1. The van der Waals surface area contributed by atoms with Crippen molar-refractivity contribution in [1.29, 1.82) is 0 Å². The van der Waals surface area contributed by atoms with Crippen LogP contribution in [0.15, 0.2) is 12.5 Å². The minimum atomic E-state index is 0.123. The topological polar surface area (TPSA) is 29.9 Å². The van der Waals surface area contributed by atoms with Crippen LogP contribution in [0, 0.1) is 12.3 Å². The summed E-state index contributed by atoms with van der Waals surface area (Å²) >= 11 is 0. The van der Waals surface area contributed by atoms with E-state index in [0.29, 0.717) is 6.04 Å². The van der Waals surface area contributed by atoms with Crippen LogP contribution >= 0.6 is 0 Å². The van der Waals surface area contributed by atoms with Gasteiger partial charge in [-0.05, 0) is 19.8 Å². The first-order valence-corrected chi connectivity index (χ1v) is 5.01. The van der Waals surface area contributed by atoms with Crippen LogP contribution in [0.1, 0.15) is 31.5 Å². The molecule has 1 aromatic heterocycles. The van der Waals surface area contributed by atoms with Crippen molar-refractivity contribution in [1.82, 2.24) is 14.9 Å². The molecule has 1 N–H and O–H groups in total. The molecular formula is C11H15N3. The summed E-state index contributed by atoms with van der Waals surface area (Å²) in [6.45, 7) is 2.79. The van der Waals surface area contributed by atoms with Crippen molar-refractivity contribution in [3.8, 4) is 12.3 Å². The van der Waals surface area contributed by atoms with Gasteiger partial charge in [-0.1, -0.05) is 5.92 Å². The number of nitrogens with zero attached hydrogens (tertiary/aromatic N) is 2. The number of rotatable bonds is 4. The molecule has 74 valence electrons. The average molecular weight is 189 g/mol. The highest BCUT2D eigenvalue weighted by atomic mass is 15.1. The van der Waals surface area contributed by atoms with Crippen LogP contribution in [-0.2, 0) is 6.54 Å². The average Bonchev–Trinajstić information content (AvgIpc) is 2.94. The van der Waals surface area contributed by atoms with Gasteiger partial charge in [0.1, 0.15) is 0 Å². The predicted molar refractivity (Wildman–Crippen MR) is 55.6 cm³/mol. The molecule has 0 aromatic carbocycles. The predicted octanol–water partition coefficient (Wildman–Crippen LogP) is 1.33. The second kappa shape index (κ2) is 3.85. The monoisotopic (exact) mass is 189 g/mol. The largest absolute Gasteiger partial charge is 0.330 e. The van der Waals surface area contributed by atoms with Crippen molar-refractivity contribution in [3.05, 3.63) is 18.2 Å². The Morgan fingerprint density at radius 2 is 2.57 bits per heavy atom. The molecule has 14 heavy (non-hydrogen) atoms. The highest BCUT2D eigenvalue weighted by Gasteiger charge is 2.24. The molecule has 0 bridgehead atoms. The Bertz CT molecular complexity index is 344. The first-order chi connectivity index (χ1) is 6.81. The minimum Gasteiger partial charge on any atom is -0.330 e. The van der Waals surface area contributed by atoms with E-state index in [9.17, 15) is 0 Å².